The monoisotopic (exact) mass is 453 g/mol. The van der Waals surface area contributed by atoms with Crippen molar-refractivity contribution in [2.75, 3.05) is 0 Å². The zero-order valence-corrected chi connectivity index (χ0v) is 19.1. The molecule has 1 aromatic heterocycles. The molecule has 0 spiro atoms. The summed E-state index contributed by atoms with van der Waals surface area (Å²) in [6.45, 7) is 2.34. The second kappa shape index (κ2) is 11.1. The molecule has 0 radical (unpaired) electrons. The van der Waals surface area contributed by atoms with Gasteiger partial charge >= 0.3 is 5.97 Å². The number of fused-ring (bicyclic) bond motifs is 1. The Morgan fingerprint density at radius 2 is 1.71 bits per heavy atom. The van der Waals surface area contributed by atoms with Crippen LogP contribution in [-0.4, -0.2) is 22.2 Å². The first-order valence-corrected chi connectivity index (χ1v) is 11.4. The van der Waals surface area contributed by atoms with Crippen LogP contribution in [0.25, 0.3) is 23.1 Å². The van der Waals surface area contributed by atoms with E-state index in [1.165, 1.54) is 0 Å². The smallest absolute Gasteiger partial charge is 0.344 e. The molecule has 0 aliphatic carbocycles. The SMILES string of the molecule is CCCC(Oc1ccccc1/C=C/c1ccc(OCc2ccc3ccccc3n2)cc1)C(=O)O. The number of carbonyl (C=O) groups is 1. The predicted octanol–water partition coefficient (Wildman–Crippen LogP) is 6.62. The number of aliphatic carboxylic acids is 1. The highest BCUT2D eigenvalue weighted by Gasteiger charge is 2.19. The van der Waals surface area contributed by atoms with Gasteiger partial charge in [-0.1, -0.05) is 80.1 Å². The molecule has 5 heteroatoms. The fourth-order valence-electron chi connectivity index (χ4n) is 3.58. The van der Waals surface area contributed by atoms with Gasteiger partial charge < -0.3 is 14.6 Å². The topological polar surface area (TPSA) is 68.7 Å². The number of ether oxygens (including phenoxy) is 2. The molecule has 34 heavy (non-hydrogen) atoms. The van der Waals surface area contributed by atoms with E-state index in [1.54, 1.807) is 6.07 Å². The van der Waals surface area contributed by atoms with Gasteiger partial charge in [-0.2, -0.15) is 0 Å². The van der Waals surface area contributed by atoms with Crippen LogP contribution < -0.4 is 9.47 Å². The van der Waals surface area contributed by atoms with Crippen LogP contribution in [0.1, 0.15) is 36.6 Å². The molecule has 0 saturated carbocycles. The highest BCUT2D eigenvalue weighted by Crippen LogP contribution is 2.24. The van der Waals surface area contributed by atoms with Gasteiger partial charge in [-0.3, -0.25) is 0 Å². The second-order valence-corrected chi connectivity index (χ2v) is 7.96. The van der Waals surface area contributed by atoms with Crippen LogP contribution in [0.5, 0.6) is 11.5 Å². The van der Waals surface area contributed by atoms with Gasteiger partial charge in [0.15, 0.2) is 6.10 Å². The highest BCUT2D eigenvalue weighted by molar-refractivity contribution is 5.78. The number of hydrogen-bond donors (Lipinski definition) is 1. The van der Waals surface area contributed by atoms with Crippen molar-refractivity contribution >= 4 is 29.0 Å². The number of pyridine rings is 1. The molecular formula is C29H27NO4. The molecule has 4 aromatic rings. The molecule has 0 aliphatic heterocycles. The van der Waals surface area contributed by atoms with Crippen LogP contribution in [0.4, 0.5) is 0 Å². The largest absolute Gasteiger partial charge is 0.487 e. The molecule has 0 amide bonds. The molecule has 3 aromatic carbocycles. The Balaban J connectivity index is 1.39. The van der Waals surface area contributed by atoms with Crippen LogP contribution in [0, 0.1) is 0 Å². The second-order valence-electron chi connectivity index (χ2n) is 7.96. The normalized spacial score (nSPS) is 12.0. The summed E-state index contributed by atoms with van der Waals surface area (Å²) in [4.78, 5) is 16.1. The zero-order chi connectivity index (χ0) is 23.8. The van der Waals surface area contributed by atoms with E-state index in [9.17, 15) is 9.90 Å². The number of carboxylic acids is 1. The van der Waals surface area contributed by atoms with Crippen molar-refractivity contribution in [1.29, 1.82) is 0 Å². The fraction of sp³-hybridized carbons (Fsp3) is 0.172. The third-order valence-corrected chi connectivity index (χ3v) is 5.39. The third-order valence-electron chi connectivity index (χ3n) is 5.39. The maximum absolute atomic E-state index is 11.5. The van der Waals surface area contributed by atoms with E-state index in [4.69, 9.17) is 9.47 Å². The minimum Gasteiger partial charge on any atom is -0.487 e. The van der Waals surface area contributed by atoms with Crippen molar-refractivity contribution in [2.45, 2.75) is 32.5 Å². The highest BCUT2D eigenvalue weighted by atomic mass is 16.5. The molecule has 0 bridgehead atoms. The lowest BCUT2D eigenvalue weighted by Gasteiger charge is -2.16. The van der Waals surface area contributed by atoms with Gasteiger partial charge in [-0.05, 0) is 42.3 Å². The summed E-state index contributed by atoms with van der Waals surface area (Å²) in [5.41, 5.74) is 3.65. The molecule has 0 fully saturated rings. The Morgan fingerprint density at radius 1 is 0.941 bits per heavy atom. The lowest BCUT2D eigenvalue weighted by atomic mass is 10.1. The first-order valence-electron chi connectivity index (χ1n) is 11.4. The first-order chi connectivity index (χ1) is 16.6. The average Bonchev–Trinajstić information content (AvgIpc) is 2.87. The maximum Gasteiger partial charge on any atom is 0.344 e. The predicted molar refractivity (Wildman–Crippen MR) is 135 cm³/mol. The van der Waals surface area contributed by atoms with Crippen molar-refractivity contribution in [2.24, 2.45) is 0 Å². The molecule has 0 aliphatic rings. The minimum absolute atomic E-state index is 0.396. The quantitative estimate of drug-likeness (QED) is 0.273. The first kappa shape index (κ1) is 23.1. The molecule has 172 valence electrons. The van der Waals surface area contributed by atoms with Gasteiger partial charge in [-0.25, -0.2) is 9.78 Å². The molecule has 0 saturated heterocycles. The number of aromatic nitrogens is 1. The van der Waals surface area contributed by atoms with Crippen molar-refractivity contribution < 1.29 is 19.4 Å². The molecular weight excluding hydrogens is 426 g/mol. The van der Waals surface area contributed by atoms with Crippen molar-refractivity contribution in [3.8, 4) is 11.5 Å². The van der Waals surface area contributed by atoms with Crippen LogP contribution in [0.3, 0.4) is 0 Å². The molecule has 1 N–H and O–H groups in total. The molecule has 1 heterocycles. The van der Waals surface area contributed by atoms with E-state index in [-0.39, 0.29) is 0 Å². The summed E-state index contributed by atoms with van der Waals surface area (Å²) in [6.07, 6.45) is 4.24. The van der Waals surface area contributed by atoms with E-state index in [1.807, 2.05) is 91.9 Å². The standard InChI is InChI=1S/C29H27NO4/c1-2-7-28(29(31)32)34-27-11-6-4-9-23(27)15-12-21-13-18-25(19-14-21)33-20-24-17-16-22-8-3-5-10-26(22)30-24/h3-6,8-19,28H,2,7,20H2,1H3,(H,31,32)/b15-12+. The van der Waals surface area contributed by atoms with Crippen LogP contribution in [0.2, 0.25) is 0 Å². The van der Waals surface area contributed by atoms with Crippen molar-refractivity contribution in [1.82, 2.24) is 4.98 Å². The Bertz CT molecular complexity index is 1280. The zero-order valence-electron chi connectivity index (χ0n) is 19.1. The maximum atomic E-state index is 11.5. The summed E-state index contributed by atoms with van der Waals surface area (Å²) >= 11 is 0. The number of benzene rings is 3. The van der Waals surface area contributed by atoms with E-state index in [2.05, 4.69) is 11.1 Å². The van der Waals surface area contributed by atoms with Crippen LogP contribution in [-0.2, 0) is 11.4 Å². The van der Waals surface area contributed by atoms with Crippen LogP contribution in [0.15, 0.2) is 84.9 Å². The summed E-state index contributed by atoms with van der Waals surface area (Å²) in [6, 6.07) is 27.3. The lowest BCUT2D eigenvalue weighted by molar-refractivity contribution is -0.145. The van der Waals surface area contributed by atoms with Crippen LogP contribution >= 0.6 is 0 Å². The number of para-hydroxylation sites is 2. The van der Waals surface area contributed by atoms with Gasteiger partial charge in [0.05, 0.1) is 11.2 Å². The number of carboxylic acid groups (broad SMARTS) is 1. The van der Waals surface area contributed by atoms with Gasteiger partial charge in [0.25, 0.3) is 0 Å². The Labute approximate surface area is 199 Å². The number of nitrogens with zero attached hydrogens (tertiary/aromatic N) is 1. The molecule has 5 nitrogen and oxygen atoms in total. The Hall–Kier alpha value is -4.12. The Kier molecular flexibility index (Phi) is 7.56. The summed E-state index contributed by atoms with van der Waals surface area (Å²) in [7, 11) is 0. The van der Waals surface area contributed by atoms with E-state index < -0.39 is 12.1 Å². The van der Waals surface area contributed by atoms with Gasteiger partial charge in [-0.15, -0.1) is 0 Å². The molecule has 4 rings (SSSR count). The number of rotatable bonds is 10. The van der Waals surface area contributed by atoms with Crippen molar-refractivity contribution in [3.05, 3.63) is 102 Å². The minimum atomic E-state index is -0.949. The van der Waals surface area contributed by atoms with Crippen molar-refractivity contribution in [3.63, 3.8) is 0 Å². The fourth-order valence-corrected chi connectivity index (χ4v) is 3.58. The van der Waals surface area contributed by atoms with E-state index in [0.717, 1.165) is 39.9 Å². The van der Waals surface area contributed by atoms with E-state index in [0.29, 0.717) is 18.8 Å². The van der Waals surface area contributed by atoms with Gasteiger partial charge in [0, 0.05) is 10.9 Å². The summed E-state index contributed by atoms with van der Waals surface area (Å²) in [5.74, 6) is 0.372. The van der Waals surface area contributed by atoms with Gasteiger partial charge in [0.2, 0.25) is 0 Å². The summed E-state index contributed by atoms with van der Waals surface area (Å²) in [5, 5.41) is 10.5. The average molecular weight is 454 g/mol. The third kappa shape index (κ3) is 6.01. The van der Waals surface area contributed by atoms with E-state index >= 15 is 0 Å². The van der Waals surface area contributed by atoms with Gasteiger partial charge in [0.1, 0.15) is 18.1 Å². The number of hydrogen-bond acceptors (Lipinski definition) is 4. The summed E-state index contributed by atoms with van der Waals surface area (Å²) < 4.78 is 11.7. The molecule has 1 unspecified atom stereocenters. The Morgan fingerprint density at radius 3 is 2.50 bits per heavy atom. The lowest BCUT2D eigenvalue weighted by Crippen LogP contribution is -2.26. The molecule has 1 atom stereocenters.